The topological polar surface area (TPSA) is 43.1 Å². The molecule has 102 valence electrons. The SMILES string of the molecule is CCCCC(CC)CS(=O)c1cc(Cl)ccc1N. The largest absolute Gasteiger partial charge is 0.398 e. The maximum Gasteiger partial charge on any atom is 0.0632 e. The third-order valence-electron chi connectivity index (χ3n) is 3.15. The third kappa shape index (κ3) is 4.62. The Labute approximate surface area is 117 Å². The summed E-state index contributed by atoms with van der Waals surface area (Å²) in [5, 5.41) is 0.592. The number of nitrogen functional groups attached to an aromatic ring is 1. The number of rotatable bonds is 7. The average Bonchev–Trinajstić information content (AvgIpc) is 2.37. The van der Waals surface area contributed by atoms with Gasteiger partial charge in [0.1, 0.15) is 0 Å². The normalized spacial score (nSPS) is 14.4. The summed E-state index contributed by atoms with van der Waals surface area (Å²) in [6.45, 7) is 4.33. The monoisotopic (exact) mass is 287 g/mol. The predicted octanol–water partition coefficient (Wildman–Crippen LogP) is 4.25. The van der Waals surface area contributed by atoms with E-state index in [-0.39, 0.29) is 0 Å². The molecule has 2 N–H and O–H groups in total. The highest BCUT2D eigenvalue weighted by Gasteiger charge is 2.14. The van der Waals surface area contributed by atoms with Gasteiger partial charge in [-0.2, -0.15) is 0 Å². The zero-order valence-corrected chi connectivity index (χ0v) is 12.7. The van der Waals surface area contributed by atoms with Gasteiger partial charge in [0.05, 0.1) is 15.7 Å². The van der Waals surface area contributed by atoms with Gasteiger partial charge in [-0.05, 0) is 30.5 Å². The summed E-state index contributed by atoms with van der Waals surface area (Å²) in [7, 11) is -1.05. The minimum Gasteiger partial charge on any atom is -0.398 e. The quantitative estimate of drug-likeness (QED) is 0.762. The molecule has 1 aromatic carbocycles. The van der Waals surface area contributed by atoms with Crippen molar-refractivity contribution in [2.45, 2.75) is 44.4 Å². The second-order valence-corrected chi connectivity index (χ2v) is 6.51. The van der Waals surface area contributed by atoms with E-state index < -0.39 is 10.8 Å². The Balaban J connectivity index is 2.71. The van der Waals surface area contributed by atoms with Crippen LogP contribution in [-0.2, 0) is 10.8 Å². The van der Waals surface area contributed by atoms with Crippen LogP contribution in [0.5, 0.6) is 0 Å². The lowest BCUT2D eigenvalue weighted by atomic mass is 10.0. The number of halogens is 1. The van der Waals surface area contributed by atoms with E-state index in [4.69, 9.17) is 17.3 Å². The molecule has 0 spiro atoms. The van der Waals surface area contributed by atoms with E-state index in [2.05, 4.69) is 13.8 Å². The second kappa shape index (κ2) is 7.80. The maximum absolute atomic E-state index is 12.3. The van der Waals surface area contributed by atoms with E-state index in [9.17, 15) is 4.21 Å². The number of benzene rings is 1. The van der Waals surface area contributed by atoms with Crippen molar-refractivity contribution in [1.82, 2.24) is 0 Å². The average molecular weight is 288 g/mol. The van der Waals surface area contributed by atoms with Gasteiger partial charge in [-0.3, -0.25) is 4.21 Å². The van der Waals surface area contributed by atoms with Gasteiger partial charge in [0.15, 0.2) is 0 Å². The molecule has 0 radical (unpaired) electrons. The van der Waals surface area contributed by atoms with Crippen LogP contribution in [-0.4, -0.2) is 9.96 Å². The van der Waals surface area contributed by atoms with Gasteiger partial charge in [0.2, 0.25) is 0 Å². The molecule has 0 amide bonds. The standard InChI is InChI=1S/C14H22ClNOS/c1-3-5-6-11(4-2)10-18(17)14-9-12(15)7-8-13(14)16/h7-9,11H,3-6,10,16H2,1-2H3. The van der Waals surface area contributed by atoms with Crippen LogP contribution in [0.2, 0.25) is 5.02 Å². The third-order valence-corrected chi connectivity index (χ3v) is 5.00. The number of hydrogen-bond acceptors (Lipinski definition) is 2. The highest BCUT2D eigenvalue weighted by molar-refractivity contribution is 7.85. The number of unbranched alkanes of at least 4 members (excludes halogenated alkanes) is 1. The molecule has 0 fully saturated rings. The van der Waals surface area contributed by atoms with Crippen molar-refractivity contribution < 1.29 is 4.21 Å². The molecule has 0 aromatic heterocycles. The first-order valence-electron chi connectivity index (χ1n) is 6.51. The smallest absolute Gasteiger partial charge is 0.0632 e. The Morgan fingerprint density at radius 2 is 2.11 bits per heavy atom. The Hall–Kier alpha value is -0.540. The van der Waals surface area contributed by atoms with Crippen molar-refractivity contribution in [2.24, 2.45) is 5.92 Å². The molecule has 0 aliphatic carbocycles. The van der Waals surface area contributed by atoms with Crippen molar-refractivity contribution in [3.8, 4) is 0 Å². The Morgan fingerprint density at radius 3 is 2.72 bits per heavy atom. The molecule has 4 heteroatoms. The maximum atomic E-state index is 12.3. The van der Waals surface area contributed by atoms with Gasteiger partial charge < -0.3 is 5.73 Å². The highest BCUT2D eigenvalue weighted by atomic mass is 35.5. The molecule has 2 unspecified atom stereocenters. The molecule has 0 aliphatic rings. The summed E-state index contributed by atoms with van der Waals surface area (Å²) in [5.41, 5.74) is 6.43. The molecular formula is C14H22ClNOS. The molecule has 0 saturated heterocycles. The van der Waals surface area contributed by atoms with Crippen LogP contribution in [0.4, 0.5) is 5.69 Å². The van der Waals surface area contributed by atoms with E-state index in [0.717, 1.165) is 12.8 Å². The predicted molar refractivity (Wildman–Crippen MR) is 80.4 cm³/mol. The Kier molecular flexibility index (Phi) is 6.72. The zero-order valence-electron chi connectivity index (χ0n) is 11.1. The lowest BCUT2D eigenvalue weighted by molar-refractivity contribution is 0.494. The lowest BCUT2D eigenvalue weighted by Gasteiger charge is -2.14. The van der Waals surface area contributed by atoms with Gasteiger partial charge >= 0.3 is 0 Å². The summed E-state index contributed by atoms with van der Waals surface area (Å²) in [4.78, 5) is 0.678. The summed E-state index contributed by atoms with van der Waals surface area (Å²) in [6, 6.07) is 5.17. The van der Waals surface area contributed by atoms with Crippen molar-refractivity contribution in [1.29, 1.82) is 0 Å². The molecule has 0 aliphatic heterocycles. The van der Waals surface area contributed by atoms with E-state index in [1.807, 2.05) is 0 Å². The molecule has 2 atom stereocenters. The zero-order chi connectivity index (χ0) is 13.5. The molecule has 1 rings (SSSR count). The Morgan fingerprint density at radius 1 is 1.39 bits per heavy atom. The van der Waals surface area contributed by atoms with Crippen LogP contribution in [0.1, 0.15) is 39.5 Å². The first-order chi connectivity index (χ1) is 8.58. The fourth-order valence-electron chi connectivity index (χ4n) is 1.91. The Bertz CT molecular complexity index is 409. The summed E-state index contributed by atoms with van der Waals surface area (Å²) < 4.78 is 12.3. The van der Waals surface area contributed by atoms with Crippen LogP contribution in [0, 0.1) is 5.92 Å². The van der Waals surface area contributed by atoms with E-state index in [1.165, 1.54) is 12.8 Å². The summed E-state index contributed by atoms with van der Waals surface area (Å²) >= 11 is 5.92. The molecule has 0 saturated carbocycles. The van der Waals surface area contributed by atoms with Crippen molar-refractivity contribution in [3.05, 3.63) is 23.2 Å². The van der Waals surface area contributed by atoms with Crippen LogP contribution >= 0.6 is 11.6 Å². The first kappa shape index (κ1) is 15.5. The molecular weight excluding hydrogens is 266 g/mol. The molecule has 2 nitrogen and oxygen atoms in total. The second-order valence-electron chi connectivity index (χ2n) is 4.61. The molecule has 1 aromatic rings. The van der Waals surface area contributed by atoms with Gasteiger partial charge in [0, 0.05) is 16.5 Å². The molecule has 0 heterocycles. The molecule has 0 bridgehead atoms. The van der Waals surface area contributed by atoms with Gasteiger partial charge in [-0.15, -0.1) is 0 Å². The van der Waals surface area contributed by atoms with E-state index >= 15 is 0 Å². The van der Waals surface area contributed by atoms with Crippen molar-refractivity contribution >= 4 is 28.1 Å². The van der Waals surface area contributed by atoms with Crippen molar-refractivity contribution in [3.63, 3.8) is 0 Å². The van der Waals surface area contributed by atoms with Crippen LogP contribution in [0.15, 0.2) is 23.1 Å². The number of nitrogens with two attached hydrogens (primary N) is 1. The van der Waals surface area contributed by atoms with E-state index in [1.54, 1.807) is 18.2 Å². The minimum absolute atomic E-state index is 0.504. The minimum atomic E-state index is -1.05. The lowest BCUT2D eigenvalue weighted by Crippen LogP contribution is -2.12. The first-order valence-corrected chi connectivity index (χ1v) is 8.21. The number of anilines is 1. The van der Waals surface area contributed by atoms with Crippen LogP contribution in [0.25, 0.3) is 0 Å². The highest BCUT2D eigenvalue weighted by Crippen LogP contribution is 2.24. The number of hydrogen-bond donors (Lipinski definition) is 1. The fourth-order valence-corrected chi connectivity index (χ4v) is 3.74. The fraction of sp³-hybridized carbons (Fsp3) is 0.571. The van der Waals surface area contributed by atoms with Crippen molar-refractivity contribution in [2.75, 3.05) is 11.5 Å². The summed E-state index contributed by atoms with van der Waals surface area (Å²) in [5.74, 6) is 1.19. The summed E-state index contributed by atoms with van der Waals surface area (Å²) in [6.07, 6.45) is 4.58. The van der Waals surface area contributed by atoms with Gasteiger partial charge in [0.25, 0.3) is 0 Å². The molecule has 18 heavy (non-hydrogen) atoms. The van der Waals surface area contributed by atoms with Gasteiger partial charge in [-0.25, -0.2) is 0 Å². The van der Waals surface area contributed by atoms with Crippen LogP contribution in [0.3, 0.4) is 0 Å². The van der Waals surface area contributed by atoms with E-state index in [0.29, 0.717) is 27.3 Å². The van der Waals surface area contributed by atoms with Crippen LogP contribution < -0.4 is 5.73 Å². The van der Waals surface area contributed by atoms with Gasteiger partial charge in [-0.1, -0.05) is 44.7 Å².